The molecule has 0 amide bonds. The van der Waals surface area contributed by atoms with E-state index >= 15 is 0 Å². The molecule has 0 saturated carbocycles. The van der Waals surface area contributed by atoms with Gasteiger partial charge in [0, 0.05) is 0 Å². The van der Waals surface area contributed by atoms with Gasteiger partial charge in [-0.3, -0.25) is 0 Å². The molecule has 0 heterocycles. The molecule has 14 heavy (non-hydrogen) atoms. The molecule has 3 N–H and O–H groups in total. The van der Waals surface area contributed by atoms with Gasteiger partial charge in [0.2, 0.25) is 0 Å². The minimum atomic E-state index is -0.305. The number of aliphatic hydroxyl groups excluding tert-OH is 1. The summed E-state index contributed by atoms with van der Waals surface area (Å²) in [5, 5.41) is 9.01. The summed E-state index contributed by atoms with van der Waals surface area (Å²) in [7, 11) is 1.64. The Hall–Kier alpha value is -1.06. The van der Waals surface area contributed by atoms with E-state index in [1.54, 1.807) is 7.11 Å². The third-order valence-corrected chi connectivity index (χ3v) is 2.37. The molecule has 1 aromatic rings. The summed E-state index contributed by atoms with van der Waals surface area (Å²) in [5.74, 6) is 0.828. The Kier molecular flexibility index (Phi) is 3.49. The lowest BCUT2D eigenvalue weighted by molar-refractivity contribution is 0.267. The summed E-state index contributed by atoms with van der Waals surface area (Å²) >= 11 is 0. The first-order chi connectivity index (χ1) is 6.60. The van der Waals surface area contributed by atoms with Crippen LogP contribution in [0.5, 0.6) is 5.75 Å². The van der Waals surface area contributed by atoms with Gasteiger partial charge in [0.1, 0.15) is 5.75 Å². The van der Waals surface area contributed by atoms with Gasteiger partial charge in [-0.2, -0.15) is 0 Å². The van der Waals surface area contributed by atoms with Gasteiger partial charge < -0.3 is 15.6 Å². The summed E-state index contributed by atoms with van der Waals surface area (Å²) < 4.78 is 5.14. The van der Waals surface area contributed by atoms with Crippen LogP contribution in [0.4, 0.5) is 0 Å². The lowest BCUT2D eigenvalue weighted by Crippen LogP contribution is -2.17. The number of hydrogen-bond donors (Lipinski definition) is 2. The SMILES string of the molecule is COc1cc(C)c(C(N)CO)c(C)c1. The maximum atomic E-state index is 9.01. The van der Waals surface area contributed by atoms with Gasteiger partial charge in [0.15, 0.2) is 0 Å². The van der Waals surface area contributed by atoms with Crippen molar-refractivity contribution >= 4 is 0 Å². The van der Waals surface area contributed by atoms with Crippen LogP contribution in [0.25, 0.3) is 0 Å². The highest BCUT2D eigenvalue weighted by molar-refractivity contribution is 5.42. The van der Waals surface area contributed by atoms with E-state index < -0.39 is 0 Å². The van der Waals surface area contributed by atoms with Crippen molar-refractivity contribution < 1.29 is 9.84 Å². The molecule has 1 aromatic carbocycles. The Balaban J connectivity index is 3.18. The number of hydrogen-bond acceptors (Lipinski definition) is 3. The zero-order valence-corrected chi connectivity index (χ0v) is 8.87. The summed E-state index contributed by atoms with van der Waals surface area (Å²) in [6.07, 6.45) is 0. The molecule has 0 spiro atoms. The second-order valence-electron chi connectivity index (χ2n) is 3.46. The zero-order chi connectivity index (χ0) is 10.7. The average Bonchev–Trinajstić information content (AvgIpc) is 2.16. The molecule has 1 atom stereocenters. The Morgan fingerprint density at radius 2 is 1.86 bits per heavy atom. The van der Waals surface area contributed by atoms with E-state index in [9.17, 15) is 0 Å². The maximum absolute atomic E-state index is 9.01. The first-order valence-corrected chi connectivity index (χ1v) is 4.61. The van der Waals surface area contributed by atoms with Gasteiger partial charge in [0.25, 0.3) is 0 Å². The van der Waals surface area contributed by atoms with Gasteiger partial charge in [0.05, 0.1) is 19.8 Å². The fraction of sp³-hybridized carbons (Fsp3) is 0.455. The number of nitrogens with two attached hydrogens (primary N) is 1. The second kappa shape index (κ2) is 4.44. The van der Waals surface area contributed by atoms with Crippen LogP contribution in [0.2, 0.25) is 0 Å². The van der Waals surface area contributed by atoms with Crippen LogP contribution < -0.4 is 10.5 Å². The van der Waals surface area contributed by atoms with Crippen molar-refractivity contribution in [1.82, 2.24) is 0 Å². The molecule has 0 fully saturated rings. The van der Waals surface area contributed by atoms with E-state index in [4.69, 9.17) is 15.6 Å². The predicted octanol–water partition coefficient (Wildman–Crippen LogP) is 1.30. The molecule has 78 valence electrons. The molecule has 3 nitrogen and oxygen atoms in total. The first kappa shape index (κ1) is 11.0. The molecule has 0 aliphatic rings. The van der Waals surface area contributed by atoms with E-state index in [0.29, 0.717) is 0 Å². The molecule has 0 aromatic heterocycles. The number of ether oxygens (including phenoxy) is 1. The topological polar surface area (TPSA) is 55.5 Å². The number of aliphatic hydroxyl groups is 1. The maximum Gasteiger partial charge on any atom is 0.119 e. The monoisotopic (exact) mass is 195 g/mol. The molecule has 0 aliphatic heterocycles. The smallest absolute Gasteiger partial charge is 0.119 e. The average molecular weight is 195 g/mol. The zero-order valence-electron chi connectivity index (χ0n) is 8.87. The summed E-state index contributed by atoms with van der Waals surface area (Å²) in [6, 6.07) is 3.55. The molecule has 3 heteroatoms. The fourth-order valence-electron chi connectivity index (χ4n) is 1.73. The van der Waals surface area contributed by atoms with E-state index in [0.717, 1.165) is 22.4 Å². The normalized spacial score (nSPS) is 12.6. The highest BCUT2D eigenvalue weighted by atomic mass is 16.5. The Morgan fingerprint density at radius 1 is 1.36 bits per heavy atom. The van der Waals surface area contributed by atoms with Crippen LogP contribution in [0, 0.1) is 13.8 Å². The number of methoxy groups -OCH3 is 1. The van der Waals surface area contributed by atoms with Crippen LogP contribution in [0.1, 0.15) is 22.7 Å². The molecular formula is C11H17NO2. The Bertz CT molecular complexity index is 300. The third kappa shape index (κ3) is 2.05. The van der Waals surface area contributed by atoms with Gasteiger partial charge in [-0.25, -0.2) is 0 Å². The summed E-state index contributed by atoms with van der Waals surface area (Å²) in [5.41, 5.74) is 8.92. The molecule has 0 bridgehead atoms. The molecular weight excluding hydrogens is 178 g/mol. The van der Waals surface area contributed by atoms with Gasteiger partial charge in [-0.15, -0.1) is 0 Å². The van der Waals surface area contributed by atoms with Crippen molar-refractivity contribution in [3.05, 3.63) is 28.8 Å². The fourth-order valence-corrected chi connectivity index (χ4v) is 1.73. The third-order valence-electron chi connectivity index (χ3n) is 2.37. The molecule has 1 rings (SSSR count). The van der Waals surface area contributed by atoms with Crippen molar-refractivity contribution in [2.24, 2.45) is 5.73 Å². The van der Waals surface area contributed by atoms with Crippen molar-refractivity contribution in [2.45, 2.75) is 19.9 Å². The highest BCUT2D eigenvalue weighted by Crippen LogP contribution is 2.25. The van der Waals surface area contributed by atoms with E-state index in [1.807, 2.05) is 26.0 Å². The van der Waals surface area contributed by atoms with Crippen molar-refractivity contribution in [3.8, 4) is 5.75 Å². The molecule has 0 aliphatic carbocycles. The van der Waals surface area contributed by atoms with Gasteiger partial charge >= 0.3 is 0 Å². The minimum Gasteiger partial charge on any atom is -0.497 e. The van der Waals surface area contributed by atoms with Crippen LogP contribution in [-0.2, 0) is 0 Å². The van der Waals surface area contributed by atoms with Crippen molar-refractivity contribution in [1.29, 1.82) is 0 Å². The first-order valence-electron chi connectivity index (χ1n) is 4.61. The Labute approximate surface area is 84.5 Å². The van der Waals surface area contributed by atoms with E-state index in [1.165, 1.54) is 0 Å². The molecule has 1 unspecified atom stereocenters. The number of benzene rings is 1. The van der Waals surface area contributed by atoms with Crippen molar-refractivity contribution in [3.63, 3.8) is 0 Å². The minimum absolute atomic E-state index is 0.0337. The lowest BCUT2D eigenvalue weighted by atomic mass is 9.97. The van der Waals surface area contributed by atoms with E-state index in [2.05, 4.69) is 0 Å². The summed E-state index contributed by atoms with van der Waals surface area (Å²) in [6.45, 7) is 3.91. The quantitative estimate of drug-likeness (QED) is 0.764. The highest BCUT2D eigenvalue weighted by Gasteiger charge is 2.11. The Morgan fingerprint density at radius 3 is 2.21 bits per heavy atom. The van der Waals surface area contributed by atoms with Crippen LogP contribution >= 0.6 is 0 Å². The van der Waals surface area contributed by atoms with Crippen LogP contribution in [-0.4, -0.2) is 18.8 Å². The number of rotatable bonds is 3. The second-order valence-corrected chi connectivity index (χ2v) is 3.46. The number of aryl methyl sites for hydroxylation is 2. The van der Waals surface area contributed by atoms with Crippen LogP contribution in [0.15, 0.2) is 12.1 Å². The van der Waals surface area contributed by atoms with E-state index in [-0.39, 0.29) is 12.6 Å². The lowest BCUT2D eigenvalue weighted by Gasteiger charge is -2.16. The standard InChI is InChI=1S/C11H17NO2/c1-7-4-9(14-3)5-8(2)11(7)10(12)6-13/h4-5,10,13H,6,12H2,1-3H3. The largest absolute Gasteiger partial charge is 0.497 e. The van der Waals surface area contributed by atoms with Gasteiger partial charge in [-0.05, 0) is 42.7 Å². The van der Waals surface area contributed by atoms with Gasteiger partial charge in [-0.1, -0.05) is 0 Å². The predicted molar refractivity (Wildman–Crippen MR) is 56.5 cm³/mol. The van der Waals surface area contributed by atoms with Crippen molar-refractivity contribution in [2.75, 3.05) is 13.7 Å². The molecule has 0 saturated heterocycles. The molecule has 0 radical (unpaired) electrons. The summed E-state index contributed by atoms with van der Waals surface area (Å²) in [4.78, 5) is 0. The van der Waals surface area contributed by atoms with Crippen LogP contribution in [0.3, 0.4) is 0 Å².